The zero-order valence-corrected chi connectivity index (χ0v) is 13.0. The first-order valence-corrected chi connectivity index (χ1v) is 7.05. The summed E-state index contributed by atoms with van der Waals surface area (Å²) in [4.78, 5) is 12.2. The summed E-state index contributed by atoms with van der Waals surface area (Å²) in [6, 6.07) is 7.13. The monoisotopic (exact) mass is 306 g/mol. The van der Waals surface area contributed by atoms with Crippen molar-refractivity contribution in [2.24, 2.45) is 0 Å². The SMILES string of the molecule is CCC1=C(C(=O)OC)C(c2ccccc2OC)NC(=S)N1. The number of thiocarbonyl (C=S) groups is 1. The molecular weight excluding hydrogens is 288 g/mol. The summed E-state index contributed by atoms with van der Waals surface area (Å²) in [6.45, 7) is 1.96. The summed E-state index contributed by atoms with van der Waals surface area (Å²) >= 11 is 5.23. The van der Waals surface area contributed by atoms with Crippen molar-refractivity contribution in [1.82, 2.24) is 10.6 Å². The van der Waals surface area contributed by atoms with Gasteiger partial charge in [0.1, 0.15) is 5.75 Å². The predicted molar refractivity (Wildman–Crippen MR) is 83.9 cm³/mol. The first-order valence-electron chi connectivity index (χ1n) is 6.64. The Kier molecular flexibility index (Phi) is 4.80. The first-order chi connectivity index (χ1) is 10.1. The van der Waals surface area contributed by atoms with Crippen molar-refractivity contribution in [1.29, 1.82) is 0 Å². The molecule has 1 heterocycles. The quantitative estimate of drug-likeness (QED) is 0.656. The fourth-order valence-electron chi connectivity index (χ4n) is 2.39. The van der Waals surface area contributed by atoms with E-state index in [1.165, 1.54) is 7.11 Å². The van der Waals surface area contributed by atoms with Gasteiger partial charge in [-0.25, -0.2) is 4.79 Å². The van der Waals surface area contributed by atoms with Crippen molar-refractivity contribution in [3.63, 3.8) is 0 Å². The highest BCUT2D eigenvalue weighted by molar-refractivity contribution is 7.80. The lowest BCUT2D eigenvalue weighted by Crippen LogP contribution is -2.45. The Morgan fingerprint density at radius 1 is 1.33 bits per heavy atom. The van der Waals surface area contributed by atoms with E-state index in [1.54, 1.807) is 7.11 Å². The van der Waals surface area contributed by atoms with Gasteiger partial charge < -0.3 is 20.1 Å². The molecule has 0 saturated carbocycles. The van der Waals surface area contributed by atoms with Gasteiger partial charge >= 0.3 is 5.97 Å². The number of methoxy groups -OCH3 is 2. The van der Waals surface area contributed by atoms with Crippen LogP contribution in [0, 0.1) is 0 Å². The molecular formula is C15H18N2O3S. The lowest BCUT2D eigenvalue weighted by Gasteiger charge is -2.31. The maximum absolute atomic E-state index is 12.2. The Bertz CT molecular complexity index is 598. The molecule has 0 saturated heterocycles. The Morgan fingerprint density at radius 3 is 2.67 bits per heavy atom. The average Bonchev–Trinajstić information content (AvgIpc) is 2.53. The molecule has 1 aromatic rings. The van der Waals surface area contributed by atoms with Crippen LogP contribution in [-0.2, 0) is 9.53 Å². The molecule has 5 nitrogen and oxygen atoms in total. The minimum absolute atomic E-state index is 0.384. The van der Waals surface area contributed by atoms with Gasteiger partial charge in [-0.1, -0.05) is 25.1 Å². The fourth-order valence-corrected chi connectivity index (χ4v) is 2.63. The topological polar surface area (TPSA) is 59.6 Å². The zero-order valence-electron chi connectivity index (χ0n) is 12.2. The summed E-state index contributed by atoms with van der Waals surface area (Å²) in [5.41, 5.74) is 2.13. The molecule has 21 heavy (non-hydrogen) atoms. The van der Waals surface area contributed by atoms with Crippen molar-refractivity contribution >= 4 is 23.3 Å². The van der Waals surface area contributed by atoms with E-state index in [1.807, 2.05) is 31.2 Å². The van der Waals surface area contributed by atoms with E-state index < -0.39 is 6.04 Å². The van der Waals surface area contributed by atoms with Crippen LogP contribution in [0.15, 0.2) is 35.5 Å². The Hall–Kier alpha value is -2.08. The van der Waals surface area contributed by atoms with E-state index in [-0.39, 0.29) is 5.97 Å². The number of hydrogen-bond donors (Lipinski definition) is 2. The van der Waals surface area contributed by atoms with Crippen molar-refractivity contribution in [3.8, 4) is 5.75 Å². The standard InChI is InChI=1S/C15H18N2O3S/c1-4-10-12(14(18)20-3)13(17-15(21)16-10)9-7-5-6-8-11(9)19-2/h5-8,13H,4H2,1-3H3,(H2,16,17,21). The molecule has 0 radical (unpaired) electrons. The van der Waals surface area contributed by atoms with E-state index in [4.69, 9.17) is 21.7 Å². The number of para-hydroxylation sites is 1. The van der Waals surface area contributed by atoms with Crippen LogP contribution < -0.4 is 15.4 Å². The van der Waals surface area contributed by atoms with Crippen molar-refractivity contribution in [3.05, 3.63) is 41.1 Å². The van der Waals surface area contributed by atoms with Gasteiger partial charge in [0.15, 0.2) is 5.11 Å². The molecule has 0 bridgehead atoms. The summed E-state index contributed by atoms with van der Waals surface area (Å²) in [7, 11) is 2.97. The summed E-state index contributed by atoms with van der Waals surface area (Å²) < 4.78 is 10.3. The van der Waals surface area contributed by atoms with E-state index in [0.717, 1.165) is 11.3 Å². The minimum Gasteiger partial charge on any atom is -0.496 e. The summed E-state index contributed by atoms with van der Waals surface area (Å²) in [5, 5.41) is 6.63. The molecule has 1 atom stereocenters. The van der Waals surface area contributed by atoms with Gasteiger partial charge in [0.25, 0.3) is 0 Å². The van der Waals surface area contributed by atoms with Crippen LogP contribution in [0.3, 0.4) is 0 Å². The Labute approximate surface area is 129 Å². The number of ether oxygens (including phenoxy) is 2. The maximum Gasteiger partial charge on any atom is 0.337 e. The van der Waals surface area contributed by atoms with Gasteiger partial charge in [-0.3, -0.25) is 0 Å². The van der Waals surface area contributed by atoms with Gasteiger partial charge in [0, 0.05) is 11.3 Å². The second-order valence-corrected chi connectivity index (χ2v) is 4.92. The molecule has 1 aliphatic heterocycles. The average molecular weight is 306 g/mol. The molecule has 2 rings (SSSR count). The maximum atomic E-state index is 12.2. The van der Waals surface area contributed by atoms with Crippen LogP contribution in [0.25, 0.3) is 0 Å². The molecule has 0 aromatic heterocycles. The molecule has 0 fully saturated rings. The van der Waals surface area contributed by atoms with Crippen molar-refractivity contribution in [2.75, 3.05) is 14.2 Å². The van der Waals surface area contributed by atoms with Crippen LogP contribution in [-0.4, -0.2) is 25.3 Å². The first kappa shape index (κ1) is 15.3. The number of benzene rings is 1. The molecule has 1 aromatic carbocycles. The number of allylic oxidation sites excluding steroid dienone is 1. The second-order valence-electron chi connectivity index (χ2n) is 4.51. The van der Waals surface area contributed by atoms with E-state index in [0.29, 0.717) is 22.9 Å². The molecule has 0 aliphatic carbocycles. The molecule has 1 unspecified atom stereocenters. The number of nitrogens with one attached hydrogen (secondary N) is 2. The van der Waals surface area contributed by atoms with Crippen molar-refractivity contribution in [2.45, 2.75) is 19.4 Å². The third-order valence-electron chi connectivity index (χ3n) is 3.36. The normalized spacial score (nSPS) is 17.9. The van der Waals surface area contributed by atoms with Gasteiger partial charge in [0.2, 0.25) is 0 Å². The summed E-state index contributed by atoms with van der Waals surface area (Å²) in [6.07, 6.45) is 0.651. The third-order valence-corrected chi connectivity index (χ3v) is 3.58. The van der Waals surface area contributed by atoms with Gasteiger partial charge in [-0.2, -0.15) is 0 Å². The van der Waals surface area contributed by atoms with Gasteiger partial charge in [0.05, 0.1) is 25.8 Å². The number of rotatable bonds is 4. The molecule has 0 spiro atoms. The number of carbonyl (C=O) groups excluding carboxylic acids is 1. The van der Waals surface area contributed by atoms with E-state index >= 15 is 0 Å². The molecule has 1 aliphatic rings. The predicted octanol–water partition coefficient (Wildman–Crippen LogP) is 2.05. The highest BCUT2D eigenvalue weighted by Crippen LogP contribution is 2.33. The summed E-state index contributed by atoms with van der Waals surface area (Å²) in [5.74, 6) is 0.307. The third kappa shape index (κ3) is 3.00. The lowest BCUT2D eigenvalue weighted by molar-refractivity contribution is -0.136. The molecule has 112 valence electrons. The van der Waals surface area contributed by atoms with Crippen molar-refractivity contribution < 1.29 is 14.3 Å². The minimum atomic E-state index is -0.391. The molecule has 2 N–H and O–H groups in total. The fraction of sp³-hybridized carbons (Fsp3) is 0.333. The van der Waals surface area contributed by atoms with Crippen LogP contribution in [0.2, 0.25) is 0 Å². The van der Waals surface area contributed by atoms with E-state index in [2.05, 4.69) is 10.6 Å². The smallest absolute Gasteiger partial charge is 0.337 e. The highest BCUT2D eigenvalue weighted by atomic mass is 32.1. The van der Waals surface area contributed by atoms with Gasteiger partial charge in [-0.05, 0) is 24.7 Å². The largest absolute Gasteiger partial charge is 0.496 e. The van der Waals surface area contributed by atoms with Crippen LogP contribution in [0.1, 0.15) is 24.9 Å². The Morgan fingerprint density at radius 2 is 2.05 bits per heavy atom. The number of esters is 1. The highest BCUT2D eigenvalue weighted by Gasteiger charge is 2.32. The van der Waals surface area contributed by atoms with E-state index in [9.17, 15) is 4.79 Å². The lowest BCUT2D eigenvalue weighted by atomic mass is 9.94. The Balaban J connectivity index is 2.57. The second kappa shape index (κ2) is 6.58. The zero-order chi connectivity index (χ0) is 15.4. The van der Waals surface area contributed by atoms with Crippen LogP contribution in [0.4, 0.5) is 0 Å². The molecule has 0 amide bonds. The van der Waals surface area contributed by atoms with Gasteiger partial charge in [-0.15, -0.1) is 0 Å². The number of carbonyl (C=O) groups is 1. The van der Waals surface area contributed by atoms with Crippen LogP contribution in [0.5, 0.6) is 5.75 Å². The molecule has 6 heteroatoms. The van der Waals surface area contributed by atoms with Crippen LogP contribution >= 0.6 is 12.2 Å². The number of hydrogen-bond acceptors (Lipinski definition) is 4.